The summed E-state index contributed by atoms with van der Waals surface area (Å²) in [6.07, 6.45) is 0. The molecule has 0 amide bonds. The minimum atomic E-state index is -0.133. The first-order chi connectivity index (χ1) is 13.7. The van der Waals surface area contributed by atoms with Gasteiger partial charge >= 0.3 is 0 Å². The van der Waals surface area contributed by atoms with Crippen LogP contribution >= 0.6 is 11.6 Å². The van der Waals surface area contributed by atoms with Gasteiger partial charge < -0.3 is 9.47 Å². The fraction of sp³-hybridized carbons (Fsp3) is 0.130. The van der Waals surface area contributed by atoms with Crippen LogP contribution in [-0.4, -0.2) is 30.9 Å². The van der Waals surface area contributed by atoms with Crippen LogP contribution in [0.15, 0.2) is 60.7 Å². The fourth-order valence-corrected chi connectivity index (χ4v) is 3.62. The van der Waals surface area contributed by atoms with Crippen LogP contribution in [0.5, 0.6) is 11.5 Å². The Balaban J connectivity index is 2.12. The number of Topliss-reactive ketones (excluding diaryl/α,β-unsaturated/α-hetero) is 1. The standard InChI is InChI=1S/C23H18ClNO3/c1-27-21-11-10-15-17(23(21)28-2)9-8-16-18(20(26)13-24)12-19(25-22(15)16)14-6-4-3-5-7-14/h3-12H,13H2,1-2H3. The first kappa shape index (κ1) is 18.3. The average molecular weight is 392 g/mol. The second-order valence-electron chi connectivity index (χ2n) is 6.34. The third kappa shape index (κ3) is 2.96. The minimum absolute atomic E-state index is 0.0860. The molecular weight excluding hydrogens is 374 g/mol. The maximum atomic E-state index is 12.6. The Morgan fingerprint density at radius 3 is 2.32 bits per heavy atom. The van der Waals surface area contributed by atoms with Crippen LogP contribution in [0.3, 0.4) is 0 Å². The van der Waals surface area contributed by atoms with E-state index in [9.17, 15) is 4.79 Å². The van der Waals surface area contributed by atoms with Crippen LogP contribution in [-0.2, 0) is 0 Å². The SMILES string of the molecule is COc1ccc2c(ccc3c(C(=O)CCl)cc(-c4ccccc4)nc32)c1OC. The van der Waals surface area contributed by atoms with Crippen molar-refractivity contribution in [3.05, 3.63) is 66.2 Å². The van der Waals surface area contributed by atoms with Gasteiger partial charge in [-0.3, -0.25) is 4.79 Å². The number of hydrogen-bond acceptors (Lipinski definition) is 4. The Hall–Kier alpha value is -3.11. The molecule has 0 atom stereocenters. The molecule has 0 aliphatic rings. The van der Waals surface area contributed by atoms with Gasteiger partial charge in [0.05, 0.1) is 31.3 Å². The third-order valence-corrected chi connectivity index (χ3v) is 5.05. The van der Waals surface area contributed by atoms with E-state index >= 15 is 0 Å². The molecule has 0 unspecified atom stereocenters. The number of nitrogens with zero attached hydrogens (tertiary/aromatic N) is 1. The normalized spacial score (nSPS) is 11.0. The van der Waals surface area contributed by atoms with Gasteiger partial charge in [0, 0.05) is 27.3 Å². The summed E-state index contributed by atoms with van der Waals surface area (Å²) in [6, 6.07) is 19.2. The number of pyridine rings is 1. The van der Waals surface area contributed by atoms with Gasteiger partial charge in [-0.2, -0.15) is 0 Å². The molecule has 0 spiro atoms. The van der Waals surface area contributed by atoms with Crippen LogP contribution in [0.4, 0.5) is 0 Å². The maximum absolute atomic E-state index is 12.6. The van der Waals surface area contributed by atoms with Crippen molar-refractivity contribution < 1.29 is 14.3 Å². The number of ether oxygens (including phenoxy) is 2. The molecular formula is C23H18ClNO3. The average Bonchev–Trinajstić information content (AvgIpc) is 2.77. The second kappa shape index (κ2) is 7.49. The summed E-state index contributed by atoms with van der Waals surface area (Å²) < 4.78 is 11.0. The van der Waals surface area contributed by atoms with E-state index < -0.39 is 0 Å². The van der Waals surface area contributed by atoms with Gasteiger partial charge in [0.1, 0.15) is 0 Å². The maximum Gasteiger partial charge on any atom is 0.178 e. The molecule has 1 aromatic heterocycles. The number of carbonyl (C=O) groups excluding carboxylic acids is 1. The van der Waals surface area contributed by atoms with Crippen molar-refractivity contribution in [2.45, 2.75) is 0 Å². The van der Waals surface area contributed by atoms with E-state index in [4.69, 9.17) is 26.1 Å². The molecule has 4 nitrogen and oxygen atoms in total. The first-order valence-electron chi connectivity index (χ1n) is 8.81. The molecule has 0 saturated heterocycles. The lowest BCUT2D eigenvalue weighted by atomic mass is 9.98. The third-order valence-electron chi connectivity index (χ3n) is 4.81. The van der Waals surface area contributed by atoms with E-state index in [1.165, 1.54) is 0 Å². The molecule has 5 heteroatoms. The van der Waals surface area contributed by atoms with Crippen molar-refractivity contribution in [3.63, 3.8) is 0 Å². The van der Waals surface area contributed by atoms with E-state index in [2.05, 4.69) is 0 Å². The summed E-state index contributed by atoms with van der Waals surface area (Å²) in [4.78, 5) is 17.5. The lowest BCUT2D eigenvalue weighted by Gasteiger charge is -2.14. The second-order valence-corrected chi connectivity index (χ2v) is 6.60. The molecule has 0 N–H and O–H groups in total. The number of methoxy groups -OCH3 is 2. The lowest BCUT2D eigenvalue weighted by Crippen LogP contribution is -2.04. The number of halogens is 1. The molecule has 0 aliphatic heterocycles. The van der Waals surface area contributed by atoms with Crippen molar-refractivity contribution in [1.29, 1.82) is 0 Å². The van der Waals surface area contributed by atoms with Crippen molar-refractivity contribution in [3.8, 4) is 22.8 Å². The molecule has 140 valence electrons. The summed E-state index contributed by atoms with van der Waals surface area (Å²) in [5.41, 5.74) is 2.96. The van der Waals surface area contributed by atoms with Gasteiger partial charge in [-0.15, -0.1) is 11.6 Å². The monoisotopic (exact) mass is 391 g/mol. The van der Waals surface area contributed by atoms with E-state index in [0.717, 1.165) is 32.9 Å². The molecule has 0 saturated carbocycles. The highest BCUT2D eigenvalue weighted by atomic mass is 35.5. The van der Waals surface area contributed by atoms with E-state index in [0.29, 0.717) is 17.1 Å². The van der Waals surface area contributed by atoms with Gasteiger partial charge in [-0.1, -0.05) is 36.4 Å². The molecule has 1 heterocycles. The molecule has 3 aromatic carbocycles. The highest BCUT2D eigenvalue weighted by molar-refractivity contribution is 6.32. The summed E-state index contributed by atoms with van der Waals surface area (Å²) in [7, 11) is 3.21. The summed E-state index contributed by atoms with van der Waals surface area (Å²) >= 11 is 5.88. The zero-order chi connectivity index (χ0) is 19.7. The zero-order valence-corrected chi connectivity index (χ0v) is 16.3. The zero-order valence-electron chi connectivity index (χ0n) is 15.5. The molecule has 0 bridgehead atoms. The Morgan fingerprint density at radius 1 is 0.929 bits per heavy atom. The molecule has 4 aromatic rings. The largest absolute Gasteiger partial charge is 0.493 e. The van der Waals surface area contributed by atoms with E-state index in [1.54, 1.807) is 14.2 Å². The van der Waals surface area contributed by atoms with Crippen molar-refractivity contribution in [2.24, 2.45) is 0 Å². The van der Waals surface area contributed by atoms with Gasteiger partial charge in [-0.05, 0) is 24.3 Å². The number of benzene rings is 3. The van der Waals surface area contributed by atoms with Crippen LogP contribution in [0.25, 0.3) is 32.9 Å². The molecule has 0 radical (unpaired) electrons. The quantitative estimate of drug-likeness (QED) is 0.256. The Kier molecular flexibility index (Phi) is 4.88. The van der Waals surface area contributed by atoms with Crippen LogP contribution in [0.2, 0.25) is 0 Å². The van der Waals surface area contributed by atoms with Crippen LogP contribution < -0.4 is 9.47 Å². The first-order valence-corrected chi connectivity index (χ1v) is 9.34. The predicted molar refractivity (Wildman–Crippen MR) is 113 cm³/mol. The van der Waals surface area contributed by atoms with E-state index in [-0.39, 0.29) is 11.7 Å². The van der Waals surface area contributed by atoms with Crippen LogP contribution in [0.1, 0.15) is 10.4 Å². The molecule has 0 aliphatic carbocycles. The highest BCUT2D eigenvalue weighted by Crippen LogP contribution is 2.39. The van der Waals surface area contributed by atoms with Gasteiger partial charge in [-0.25, -0.2) is 4.98 Å². The summed E-state index contributed by atoms with van der Waals surface area (Å²) in [5.74, 6) is 1.06. The Morgan fingerprint density at radius 2 is 1.64 bits per heavy atom. The van der Waals surface area contributed by atoms with Gasteiger partial charge in [0.25, 0.3) is 0 Å². The fourth-order valence-electron chi connectivity index (χ4n) is 3.48. The topological polar surface area (TPSA) is 48.4 Å². The highest BCUT2D eigenvalue weighted by Gasteiger charge is 2.17. The number of alkyl halides is 1. The van der Waals surface area contributed by atoms with Crippen molar-refractivity contribution in [2.75, 3.05) is 20.1 Å². The van der Waals surface area contributed by atoms with Crippen molar-refractivity contribution in [1.82, 2.24) is 4.98 Å². The number of ketones is 1. The summed E-state index contributed by atoms with van der Waals surface area (Å²) in [5, 5.41) is 2.53. The number of rotatable bonds is 5. The van der Waals surface area contributed by atoms with E-state index in [1.807, 2.05) is 60.7 Å². The molecule has 0 fully saturated rings. The number of fused-ring (bicyclic) bond motifs is 3. The van der Waals surface area contributed by atoms with Crippen LogP contribution in [0, 0.1) is 0 Å². The number of carbonyl (C=O) groups is 1. The smallest absolute Gasteiger partial charge is 0.178 e. The number of aromatic nitrogens is 1. The molecule has 4 rings (SSSR count). The van der Waals surface area contributed by atoms with Crippen molar-refractivity contribution >= 4 is 39.1 Å². The van der Waals surface area contributed by atoms with Gasteiger partial charge in [0.2, 0.25) is 0 Å². The Labute approximate surface area is 167 Å². The lowest BCUT2D eigenvalue weighted by molar-refractivity contribution is 0.102. The summed E-state index contributed by atoms with van der Waals surface area (Å²) in [6.45, 7) is 0. The molecule has 28 heavy (non-hydrogen) atoms. The van der Waals surface area contributed by atoms with Gasteiger partial charge in [0.15, 0.2) is 17.3 Å². The number of hydrogen-bond donors (Lipinski definition) is 0. The Bertz CT molecular complexity index is 1190. The minimum Gasteiger partial charge on any atom is -0.493 e. The predicted octanol–water partition coefficient (Wildman–Crippen LogP) is 5.49.